The van der Waals surface area contributed by atoms with E-state index < -0.39 is 0 Å². The van der Waals surface area contributed by atoms with Crippen molar-refractivity contribution in [3.8, 4) is 11.4 Å². The molecule has 0 aliphatic rings. The standard InChI is InChI=1S/C16H16ClN3/c1-2-10-20-14-9-4-3-8-13(14)19-16(20)11-6-5-7-12(17)15(11)18/h3-9H,2,10,18H2,1H3. The molecule has 1 aromatic heterocycles. The van der Waals surface area contributed by atoms with Gasteiger partial charge in [-0.15, -0.1) is 0 Å². The molecule has 0 atom stereocenters. The van der Waals surface area contributed by atoms with Gasteiger partial charge in [0.25, 0.3) is 0 Å². The summed E-state index contributed by atoms with van der Waals surface area (Å²) in [6.07, 6.45) is 1.04. The number of nitrogen functional groups attached to an aromatic ring is 1. The third kappa shape index (κ3) is 2.04. The number of nitrogens with two attached hydrogens (primary N) is 1. The Bertz CT molecular complexity index is 762. The van der Waals surface area contributed by atoms with Crippen LogP contribution in [0.3, 0.4) is 0 Å². The first-order chi connectivity index (χ1) is 9.72. The van der Waals surface area contributed by atoms with Crippen molar-refractivity contribution in [1.82, 2.24) is 9.55 Å². The topological polar surface area (TPSA) is 43.8 Å². The highest BCUT2D eigenvalue weighted by Gasteiger charge is 2.15. The minimum absolute atomic E-state index is 0.567. The Morgan fingerprint density at radius 3 is 2.75 bits per heavy atom. The fourth-order valence-corrected chi connectivity index (χ4v) is 2.64. The number of fused-ring (bicyclic) bond motifs is 1. The van der Waals surface area contributed by atoms with Crippen molar-refractivity contribution in [3.05, 3.63) is 47.5 Å². The van der Waals surface area contributed by atoms with Gasteiger partial charge in [0.15, 0.2) is 0 Å². The summed E-state index contributed by atoms with van der Waals surface area (Å²) >= 11 is 6.13. The predicted molar refractivity (Wildman–Crippen MR) is 84.9 cm³/mol. The molecular weight excluding hydrogens is 270 g/mol. The van der Waals surface area contributed by atoms with Gasteiger partial charge in [-0.1, -0.05) is 36.7 Å². The van der Waals surface area contributed by atoms with Gasteiger partial charge in [-0.25, -0.2) is 4.98 Å². The molecule has 0 bridgehead atoms. The molecule has 1 heterocycles. The Hall–Kier alpha value is -2.00. The molecule has 3 aromatic rings. The second-order valence-electron chi connectivity index (χ2n) is 4.78. The maximum Gasteiger partial charge on any atom is 0.143 e. The van der Waals surface area contributed by atoms with Gasteiger partial charge in [-0.3, -0.25) is 0 Å². The van der Waals surface area contributed by atoms with Gasteiger partial charge in [0.1, 0.15) is 5.82 Å². The summed E-state index contributed by atoms with van der Waals surface area (Å²) in [5.74, 6) is 0.882. The summed E-state index contributed by atoms with van der Waals surface area (Å²) in [4.78, 5) is 4.73. The predicted octanol–water partition coefficient (Wildman–Crippen LogP) is 4.35. The molecule has 20 heavy (non-hydrogen) atoms. The van der Waals surface area contributed by atoms with Crippen LogP contribution >= 0.6 is 11.6 Å². The fourth-order valence-electron chi connectivity index (χ4n) is 2.46. The van der Waals surface area contributed by atoms with E-state index in [0.717, 1.165) is 35.4 Å². The largest absolute Gasteiger partial charge is 0.397 e. The van der Waals surface area contributed by atoms with E-state index in [0.29, 0.717) is 10.7 Å². The number of anilines is 1. The highest BCUT2D eigenvalue weighted by atomic mass is 35.5. The molecule has 0 aliphatic carbocycles. The lowest BCUT2D eigenvalue weighted by Gasteiger charge is -2.10. The quantitative estimate of drug-likeness (QED) is 0.727. The number of para-hydroxylation sites is 3. The van der Waals surface area contributed by atoms with Crippen LogP contribution in [0.5, 0.6) is 0 Å². The minimum Gasteiger partial charge on any atom is -0.397 e. The minimum atomic E-state index is 0.567. The number of halogens is 1. The van der Waals surface area contributed by atoms with E-state index in [4.69, 9.17) is 22.3 Å². The van der Waals surface area contributed by atoms with Gasteiger partial charge in [0.2, 0.25) is 0 Å². The van der Waals surface area contributed by atoms with Crippen molar-refractivity contribution in [3.63, 3.8) is 0 Å². The summed E-state index contributed by atoms with van der Waals surface area (Å²) in [5, 5.41) is 0.567. The van der Waals surface area contributed by atoms with Crippen LogP contribution in [0, 0.1) is 0 Å². The van der Waals surface area contributed by atoms with E-state index in [1.165, 1.54) is 0 Å². The van der Waals surface area contributed by atoms with E-state index in [-0.39, 0.29) is 0 Å². The number of rotatable bonds is 3. The normalized spacial score (nSPS) is 11.1. The molecule has 3 nitrogen and oxygen atoms in total. The van der Waals surface area contributed by atoms with Gasteiger partial charge >= 0.3 is 0 Å². The van der Waals surface area contributed by atoms with Crippen LogP contribution in [0.25, 0.3) is 22.4 Å². The second kappa shape index (κ2) is 5.17. The Kier molecular flexibility index (Phi) is 3.36. The number of aromatic nitrogens is 2. The molecule has 0 saturated heterocycles. The molecule has 0 saturated carbocycles. The average molecular weight is 286 g/mol. The number of aryl methyl sites for hydroxylation is 1. The van der Waals surface area contributed by atoms with Crippen molar-refractivity contribution in [2.45, 2.75) is 19.9 Å². The summed E-state index contributed by atoms with van der Waals surface area (Å²) in [6, 6.07) is 13.8. The Morgan fingerprint density at radius 1 is 1.15 bits per heavy atom. The van der Waals surface area contributed by atoms with Gasteiger partial charge in [-0.2, -0.15) is 0 Å². The Labute approximate surface area is 123 Å². The highest BCUT2D eigenvalue weighted by Crippen LogP contribution is 2.33. The Morgan fingerprint density at radius 2 is 1.95 bits per heavy atom. The molecule has 0 radical (unpaired) electrons. The van der Waals surface area contributed by atoms with E-state index in [9.17, 15) is 0 Å². The van der Waals surface area contributed by atoms with Crippen LogP contribution < -0.4 is 5.73 Å². The molecule has 4 heteroatoms. The average Bonchev–Trinajstić information content (AvgIpc) is 2.81. The van der Waals surface area contributed by atoms with Crippen LogP contribution in [0.2, 0.25) is 5.02 Å². The SMILES string of the molecule is CCCn1c(-c2cccc(Cl)c2N)nc2ccccc21. The number of benzene rings is 2. The molecule has 0 fully saturated rings. The monoisotopic (exact) mass is 285 g/mol. The maximum absolute atomic E-state index is 6.13. The fraction of sp³-hybridized carbons (Fsp3) is 0.188. The smallest absolute Gasteiger partial charge is 0.143 e. The van der Waals surface area contributed by atoms with Gasteiger partial charge in [0.05, 0.1) is 21.7 Å². The van der Waals surface area contributed by atoms with Crippen molar-refractivity contribution < 1.29 is 0 Å². The zero-order chi connectivity index (χ0) is 14.1. The van der Waals surface area contributed by atoms with E-state index in [1.807, 2.05) is 30.3 Å². The summed E-state index contributed by atoms with van der Waals surface area (Å²) in [6.45, 7) is 3.06. The zero-order valence-corrected chi connectivity index (χ0v) is 12.1. The highest BCUT2D eigenvalue weighted by molar-refractivity contribution is 6.33. The van der Waals surface area contributed by atoms with E-state index >= 15 is 0 Å². The molecule has 0 aliphatic heterocycles. The van der Waals surface area contributed by atoms with Crippen molar-refractivity contribution in [1.29, 1.82) is 0 Å². The van der Waals surface area contributed by atoms with Crippen LogP contribution in [-0.4, -0.2) is 9.55 Å². The molecule has 102 valence electrons. The molecule has 0 spiro atoms. The lowest BCUT2D eigenvalue weighted by molar-refractivity contribution is 0.704. The summed E-state index contributed by atoms with van der Waals surface area (Å²) in [7, 11) is 0. The molecular formula is C16H16ClN3. The number of nitrogens with zero attached hydrogens (tertiary/aromatic N) is 2. The van der Waals surface area contributed by atoms with Crippen molar-refractivity contribution >= 4 is 28.3 Å². The summed E-state index contributed by atoms with van der Waals surface area (Å²) < 4.78 is 2.21. The molecule has 2 aromatic carbocycles. The zero-order valence-electron chi connectivity index (χ0n) is 11.3. The third-order valence-electron chi connectivity index (χ3n) is 3.40. The number of hydrogen-bond donors (Lipinski definition) is 1. The number of hydrogen-bond acceptors (Lipinski definition) is 2. The first kappa shape index (κ1) is 13.0. The molecule has 2 N–H and O–H groups in total. The van der Waals surface area contributed by atoms with Crippen LogP contribution in [0.4, 0.5) is 5.69 Å². The van der Waals surface area contributed by atoms with Crippen molar-refractivity contribution in [2.24, 2.45) is 0 Å². The first-order valence-electron chi connectivity index (χ1n) is 6.72. The van der Waals surface area contributed by atoms with Crippen LogP contribution in [0.1, 0.15) is 13.3 Å². The lowest BCUT2D eigenvalue weighted by atomic mass is 10.1. The van der Waals surface area contributed by atoms with Gasteiger partial charge in [-0.05, 0) is 30.7 Å². The molecule has 0 amide bonds. The number of imidazole rings is 1. The maximum atomic E-state index is 6.13. The molecule has 0 unspecified atom stereocenters. The van der Waals surface area contributed by atoms with Gasteiger partial charge in [0, 0.05) is 12.1 Å². The summed E-state index contributed by atoms with van der Waals surface area (Å²) in [5.41, 5.74) is 9.70. The van der Waals surface area contributed by atoms with Crippen LogP contribution in [-0.2, 0) is 6.54 Å². The lowest BCUT2D eigenvalue weighted by Crippen LogP contribution is -2.02. The van der Waals surface area contributed by atoms with Gasteiger partial charge < -0.3 is 10.3 Å². The third-order valence-corrected chi connectivity index (χ3v) is 3.73. The van der Waals surface area contributed by atoms with Crippen LogP contribution in [0.15, 0.2) is 42.5 Å². The van der Waals surface area contributed by atoms with E-state index in [2.05, 4.69) is 17.6 Å². The molecule has 3 rings (SSSR count). The Balaban J connectivity index is 2.29. The van der Waals surface area contributed by atoms with Crippen molar-refractivity contribution in [2.75, 3.05) is 5.73 Å². The van der Waals surface area contributed by atoms with E-state index in [1.54, 1.807) is 6.07 Å². The first-order valence-corrected chi connectivity index (χ1v) is 7.09. The second-order valence-corrected chi connectivity index (χ2v) is 5.18.